The van der Waals surface area contributed by atoms with E-state index >= 15 is 0 Å². The van der Waals surface area contributed by atoms with Crippen LogP contribution in [0.15, 0.2) is 29.3 Å². The third kappa shape index (κ3) is 7.08. The van der Waals surface area contributed by atoms with Crippen LogP contribution in [-0.4, -0.2) is 37.0 Å². The van der Waals surface area contributed by atoms with Crippen LogP contribution in [0.2, 0.25) is 0 Å². The van der Waals surface area contributed by atoms with Crippen LogP contribution in [0.1, 0.15) is 44.2 Å². The highest BCUT2D eigenvalue weighted by atomic mass is 127. The smallest absolute Gasteiger partial charge is 0.191 e. The lowest BCUT2D eigenvalue weighted by atomic mass is 10.1. The Kier molecular flexibility index (Phi) is 9.55. The fourth-order valence-corrected chi connectivity index (χ4v) is 2.68. The fraction of sp³-hybridized carbons (Fsp3) is 0.611. The highest BCUT2D eigenvalue weighted by Gasteiger charge is 2.11. The van der Waals surface area contributed by atoms with E-state index in [0.717, 1.165) is 25.5 Å². The van der Waals surface area contributed by atoms with Crippen LogP contribution in [-0.2, 0) is 13.1 Å². The van der Waals surface area contributed by atoms with Gasteiger partial charge in [-0.2, -0.15) is 0 Å². The van der Waals surface area contributed by atoms with Crippen LogP contribution < -0.4 is 10.6 Å². The minimum absolute atomic E-state index is 0. The molecular formula is C18H31IN4. The fourth-order valence-electron chi connectivity index (χ4n) is 2.68. The number of hydrogen-bond donors (Lipinski definition) is 2. The first-order valence-electron chi connectivity index (χ1n) is 8.48. The second-order valence-electron chi connectivity index (χ2n) is 6.18. The Morgan fingerprint density at radius 3 is 2.35 bits per heavy atom. The number of rotatable bonds is 6. The summed E-state index contributed by atoms with van der Waals surface area (Å²) in [6, 6.07) is 9.37. The molecule has 1 atom stereocenters. The molecule has 1 heterocycles. The van der Waals surface area contributed by atoms with Crippen LogP contribution in [0.4, 0.5) is 0 Å². The normalized spacial score (nSPS) is 16.7. The van der Waals surface area contributed by atoms with Gasteiger partial charge in [-0.3, -0.25) is 9.89 Å². The van der Waals surface area contributed by atoms with E-state index in [0.29, 0.717) is 6.04 Å². The van der Waals surface area contributed by atoms with E-state index in [1.807, 2.05) is 7.05 Å². The van der Waals surface area contributed by atoms with Gasteiger partial charge >= 0.3 is 0 Å². The third-order valence-corrected chi connectivity index (χ3v) is 4.31. The van der Waals surface area contributed by atoms with Crippen molar-refractivity contribution in [2.75, 3.05) is 20.1 Å². The maximum Gasteiger partial charge on any atom is 0.191 e. The van der Waals surface area contributed by atoms with Crippen LogP contribution in [0.5, 0.6) is 0 Å². The Morgan fingerprint density at radius 2 is 1.78 bits per heavy atom. The Labute approximate surface area is 158 Å². The second-order valence-corrected chi connectivity index (χ2v) is 6.18. The maximum absolute atomic E-state index is 4.26. The maximum atomic E-state index is 4.26. The van der Waals surface area contributed by atoms with Gasteiger partial charge in [-0.1, -0.05) is 31.2 Å². The van der Waals surface area contributed by atoms with E-state index in [4.69, 9.17) is 0 Å². The zero-order valence-corrected chi connectivity index (χ0v) is 17.0. The lowest BCUT2D eigenvalue weighted by Gasteiger charge is -2.17. The van der Waals surface area contributed by atoms with Crippen molar-refractivity contribution in [3.8, 4) is 0 Å². The van der Waals surface area contributed by atoms with Gasteiger partial charge in [0.1, 0.15) is 0 Å². The van der Waals surface area contributed by atoms with Gasteiger partial charge in [-0.25, -0.2) is 0 Å². The average molecular weight is 430 g/mol. The number of benzene rings is 1. The van der Waals surface area contributed by atoms with Gasteiger partial charge in [0.2, 0.25) is 0 Å². The Morgan fingerprint density at radius 1 is 1.17 bits per heavy atom. The average Bonchev–Trinajstić information content (AvgIpc) is 3.05. The molecule has 0 spiro atoms. The number of nitrogens with zero attached hydrogens (tertiary/aromatic N) is 2. The molecule has 2 rings (SSSR count). The predicted octanol–water partition coefficient (Wildman–Crippen LogP) is 3.36. The second kappa shape index (κ2) is 10.9. The van der Waals surface area contributed by atoms with Gasteiger partial charge in [-0.05, 0) is 50.4 Å². The van der Waals surface area contributed by atoms with Gasteiger partial charge in [0.25, 0.3) is 0 Å². The first-order chi connectivity index (χ1) is 10.7. The molecule has 1 fully saturated rings. The van der Waals surface area contributed by atoms with Crippen molar-refractivity contribution < 1.29 is 0 Å². The summed E-state index contributed by atoms with van der Waals surface area (Å²) in [6.07, 6.45) is 3.79. The number of guanidine groups is 1. The molecule has 5 heteroatoms. The molecule has 2 N–H and O–H groups in total. The van der Waals surface area contributed by atoms with E-state index in [1.165, 1.54) is 37.1 Å². The van der Waals surface area contributed by atoms with Crippen LogP contribution in [0.25, 0.3) is 0 Å². The van der Waals surface area contributed by atoms with Gasteiger partial charge < -0.3 is 10.6 Å². The van der Waals surface area contributed by atoms with E-state index in [9.17, 15) is 0 Å². The summed E-state index contributed by atoms with van der Waals surface area (Å²) < 4.78 is 0. The quantitative estimate of drug-likeness (QED) is 0.413. The summed E-state index contributed by atoms with van der Waals surface area (Å²) in [6.45, 7) is 8.73. The van der Waals surface area contributed by atoms with Crippen LogP contribution in [0, 0.1) is 0 Å². The molecule has 1 aliphatic rings. The third-order valence-electron chi connectivity index (χ3n) is 4.31. The van der Waals surface area contributed by atoms with Crippen molar-refractivity contribution in [2.45, 2.75) is 52.2 Å². The first kappa shape index (κ1) is 20.2. The Hall–Kier alpha value is -0.820. The first-order valence-corrected chi connectivity index (χ1v) is 8.48. The lowest BCUT2D eigenvalue weighted by Crippen LogP contribution is -2.41. The zero-order chi connectivity index (χ0) is 15.8. The van der Waals surface area contributed by atoms with E-state index in [2.05, 4.69) is 58.6 Å². The summed E-state index contributed by atoms with van der Waals surface area (Å²) >= 11 is 0. The van der Waals surface area contributed by atoms with Crippen molar-refractivity contribution in [2.24, 2.45) is 4.99 Å². The molecule has 0 radical (unpaired) electrons. The molecule has 4 nitrogen and oxygen atoms in total. The molecule has 23 heavy (non-hydrogen) atoms. The molecule has 0 saturated carbocycles. The number of likely N-dealkylation sites (tertiary alicyclic amines) is 1. The lowest BCUT2D eigenvalue weighted by molar-refractivity contribution is 0.331. The molecule has 0 amide bonds. The van der Waals surface area contributed by atoms with Gasteiger partial charge in [0, 0.05) is 26.2 Å². The summed E-state index contributed by atoms with van der Waals surface area (Å²) in [4.78, 5) is 6.80. The SMILES string of the molecule is CCC(C)NC(=NC)NCc1ccc(CN2CCCC2)cc1.I. The van der Waals surface area contributed by atoms with Crippen molar-refractivity contribution >= 4 is 29.9 Å². The Bertz CT molecular complexity index is 466. The van der Waals surface area contributed by atoms with Gasteiger partial charge in [0.15, 0.2) is 5.96 Å². The molecule has 0 aliphatic carbocycles. The number of aliphatic imine (C=N–C) groups is 1. The number of halogens is 1. The molecular weight excluding hydrogens is 399 g/mol. The van der Waals surface area contributed by atoms with Gasteiger partial charge in [-0.15, -0.1) is 24.0 Å². The number of nitrogens with one attached hydrogen (secondary N) is 2. The highest BCUT2D eigenvalue weighted by Crippen LogP contribution is 2.13. The summed E-state index contributed by atoms with van der Waals surface area (Å²) in [7, 11) is 1.82. The van der Waals surface area contributed by atoms with Crippen LogP contribution in [0.3, 0.4) is 0 Å². The minimum Gasteiger partial charge on any atom is -0.354 e. The highest BCUT2D eigenvalue weighted by molar-refractivity contribution is 14.0. The van der Waals surface area contributed by atoms with Crippen LogP contribution >= 0.6 is 24.0 Å². The van der Waals surface area contributed by atoms with Crippen molar-refractivity contribution in [3.63, 3.8) is 0 Å². The zero-order valence-electron chi connectivity index (χ0n) is 14.6. The Balaban J connectivity index is 0.00000264. The van der Waals surface area contributed by atoms with Gasteiger partial charge in [0.05, 0.1) is 0 Å². The molecule has 1 aromatic rings. The molecule has 1 unspecified atom stereocenters. The molecule has 1 aliphatic heterocycles. The molecule has 0 bridgehead atoms. The topological polar surface area (TPSA) is 39.7 Å². The molecule has 1 saturated heterocycles. The van der Waals surface area contributed by atoms with E-state index < -0.39 is 0 Å². The molecule has 1 aromatic carbocycles. The van der Waals surface area contributed by atoms with Crippen molar-refractivity contribution in [1.29, 1.82) is 0 Å². The van der Waals surface area contributed by atoms with E-state index in [-0.39, 0.29) is 24.0 Å². The molecule has 0 aromatic heterocycles. The number of hydrogen-bond acceptors (Lipinski definition) is 2. The monoisotopic (exact) mass is 430 g/mol. The summed E-state index contributed by atoms with van der Waals surface area (Å²) in [5.74, 6) is 0.871. The largest absolute Gasteiger partial charge is 0.354 e. The standard InChI is InChI=1S/C18H30N4.HI/c1-4-15(2)21-18(19-3)20-13-16-7-9-17(10-8-16)14-22-11-5-6-12-22;/h7-10,15H,4-6,11-14H2,1-3H3,(H2,19,20,21);1H. The summed E-state index contributed by atoms with van der Waals surface area (Å²) in [5, 5.41) is 6.75. The predicted molar refractivity (Wildman–Crippen MR) is 109 cm³/mol. The van der Waals surface area contributed by atoms with E-state index in [1.54, 1.807) is 0 Å². The van der Waals surface area contributed by atoms with Crippen molar-refractivity contribution in [3.05, 3.63) is 35.4 Å². The van der Waals surface area contributed by atoms with Crippen molar-refractivity contribution in [1.82, 2.24) is 15.5 Å². The molecule has 130 valence electrons. The minimum atomic E-state index is 0. The summed E-state index contributed by atoms with van der Waals surface area (Å²) in [5.41, 5.74) is 2.70.